The Morgan fingerprint density at radius 2 is 2.15 bits per heavy atom. The number of likely N-dealkylation sites (tertiary alicyclic amines) is 1. The molecule has 1 fully saturated rings. The second-order valence-electron chi connectivity index (χ2n) is 7.02. The molecular weight excluding hydrogens is 349 g/mol. The zero-order valence-electron chi connectivity index (χ0n) is 15.7. The Morgan fingerprint density at radius 3 is 2.89 bits per heavy atom. The summed E-state index contributed by atoms with van der Waals surface area (Å²) in [7, 11) is 0. The normalized spacial score (nSPS) is 17.0. The molecule has 27 heavy (non-hydrogen) atoms. The molecule has 1 aromatic heterocycles. The summed E-state index contributed by atoms with van der Waals surface area (Å²) in [6, 6.07) is 7.84. The number of aromatic nitrogens is 2. The molecule has 1 amide bonds. The Hall–Kier alpha value is -2.70. The van der Waals surface area contributed by atoms with E-state index >= 15 is 0 Å². The van der Waals surface area contributed by atoms with E-state index in [2.05, 4.69) is 4.98 Å². The molecule has 1 atom stereocenters. The van der Waals surface area contributed by atoms with Gasteiger partial charge in [0.2, 0.25) is 5.91 Å². The highest BCUT2D eigenvalue weighted by Crippen LogP contribution is 2.20. The number of rotatable bonds is 5. The minimum absolute atomic E-state index is 0.00454. The Bertz CT molecular complexity index is 881. The highest BCUT2D eigenvalue weighted by atomic mass is 19.1. The minimum Gasteiger partial charge on any atom is -0.493 e. The van der Waals surface area contributed by atoms with Crippen LogP contribution in [0.3, 0.4) is 0 Å². The van der Waals surface area contributed by atoms with E-state index < -0.39 is 5.69 Å². The largest absolute Gasteiger partial charge is 0.493 e. The molecule has 1 aliphatic rings. The van der Waals surface area contributed by atoms with Gasteiger partial charge in [-0.2, -0.15) is 4.98 Å². The SMILES string of the molecule is Cc1cc(C)n(CC(=O)N2CCC[C@H](COc3cccc(F)c3)C2)c(=O)n1. The monoisotopic (exact) mass is 373 g/mol. The maximum absolute atomic E-state index is 13.2. The van der Waals surface area contributed by atoms with Gasteiger partial charge in [0.1, 0.15) is 18.1 Å². The average molecular weight is 373 g/mol. The molecule has 2 heterocycles. The van der Waals surface area contributed by atoms with Crippen molar-refractivity contribution in [1.82, 2.24) is 14.5 Å². The summed E-state index contributed by atoms with van der Waals surface area (Å²) in [6.07, 6.45) is 1.83. The van der Waals surface area contributed by atoms with E-state index in [0.717, 1.165) is 18.5 Å². The molecule has 0 spiro atoms. The van der Waals surface area contributed by atoms with Crippen LogP contribution in [0.1, 0.15) is 24.2 Å². The van der Waals surface area contributed by atoms with Crippen molar-refractivity contribution in [1.29, 1.82) is 0 Å². The number of hydrogen-bond donors (Lipinski definition) is 0. The lowest BCUT2D eigenvalue weighted by atomic mass is 9.99. The summed E-state index contributed by atoms with van der Waals surface area (Å²) < 4.78 is 20.3. The first-order valence-electron chi connectivity index (χ1n) is 9.13. The third-order valence-corrected chi connectivity index (χ3v) is 4.79. The van der Waals surface area contributed by atoms with Crippen LogP contribution < -0.4 is 10.4 Å². The number of aryl methyl sites for hydroxylation is 2. The van der Waals surface area contributed by atoms with Crippen molar-refractivity contribution in [3.05, 3.63) is 58.0 Å². The number of carbonyl (C=O) groups excluding carboxylic acids is 1. The van der Waals surface area contributed by atoms with E-state index in [0.29, 0.717) is 31.1 Å². The van der Waals surface area contributed by atoms with Crippen LogP contribution in [0.4, 0.5) is 4.39 Å². The molecule has 7 heteroatoms. The maximum Gasteiger partial charge on any atom is 0.348 e. The van der Waals surface area contributed by atoms with Gasteiger partial charge in [-0.05, 0) is 44.9 Å². The van der Waals surface area contributed by atoms with Crippen LogP contribution in [0.2, 0.25) is 0 Å². The van der Waals surface area contributed by atoms with Crippen molar-refractivity contribution < 1.29 is 13.9 Å². The minimum atomic E-state index is -0.399. The Kier molecular flexibility index (Phi) is 5.88. The van der Waals surface area contributed by atoms with Crippen LogP contribution in [0.5, 0.6) is 5.75 Å². The topological polar surface area (TPSA) is 64.4 Å². The molecule has 1 saturated heterocycles. The lowest BCUT2D eigenvalue weighted by Crippen LogP contribution is -2.44. The fraction of sp³-hybridized carbons (Fsp3) is 0.450. The first kappa shape index (κ1) is 19.1. The van der Waals surface area contributed by atoms with Crippen molar-refractivity contribution in [2.45, 2.75) is 33.2 Å². The summed E-state index contributed by atoms with van der Waals surface area (Å²) in [5, 5.41) is 0. The van der Waals surface area contributed by atoms with Crippen LogP contribution in [-0.2, 0) is 11.3 Å². The van der Waals surface area contributed by atoms with Gasteiger partial charge >= 0.3 is 5.69 Å². The number of carbonyl (C=O) groups is 1. The Balaban J connectivity index is 1.59. The standard InChI is InChI=1S/C20H24FN3O3/c1-14-9-15(2)24(20(26)22-14)12-19(25)23-8-4-5-16(11-23)13-27-18-7-3-6-17(21)10-18/h3,6-7,9-10,16H,4-5,8,11-13H2,1-2H3/t16-/m0/s1. The average Bonchev–Trinajstić information content (AvgIpc) is 2.63. The third-order valence-electron chi connectivity index (χ3n) is 4.79. The van der Waals surface area contributed by atoms with Gasteiger partial charge in [0.05, 0.1) is 6.61 Å². The molecule has 0 radical (unpaired) electrons. The van der Waals surface area contributed by atoms with Crippen LogP contribution in [0.25, 0.3) is 0 Å². The van der Waals surface area contributed by atoms with Crippen LogP contribution >= 0.6 is 0 Å². The second kappa shape index (κ2) is 8.33. The van der Waals surface area contributed by atoms with Gasteiger partial charge in [0, 0.05) is 36.5 Å². The van der Waals surface area contributed by atoms with Gasteiger partial charge in [-0.3, -0.25) is 9.36 Å². The summed E-state index contributed by atoms with van der Waals surface area (Å²) in [5.74, 6) is 0.244. The summed E-state index contributed by atoms with van der Waals surface area (Å²) in [6.45, 7) is 5.22. The fourth-order valence-electron chi connectivity index (χ4n) is 3.40. The zero-order valence-corrected chi connectivity index (χ0v) is 15.7. The van der Waals surface area contributed by atoms with Gasteiger partial charge in [-0.25, -0.2) is 9.18 Å². The molecule has 6 nitrogen and oxygen atoms in total. The van der Waals surface area contributed by atoms with E-state index in [1.54, 1.807) is 36.9 Å². The van der Waals surface area contributed by atoms with E-state index in [9.17, 15) is 14.0 Å². The fourth-order valence-corrected chi connectivity index (χ4v) is 3.40. The molecule has 1 aliphatic heterocycles. The molecule has 3 rings (SSSR count). The molecule has 0 N–H and O–H groups in total. The highest BCUT2D eigenvalue weighted by Gasteiger charge is 2.25. The first-order chi connectivity index (χ1) is 12.9. The number of hydrogen-bond acceptors (Lipinski definition) is 4. The molecule has 0 saturated carbocycles. The van der Waals surface area contributed by atoms with Crippen molar-refractivity contribution in [2.24, 2.45) is 5.92 Å². The lowest BCUT2D eigenvalue weighted by Gasteiger charge is -2.33. The molecule has 0 unspecified atom stereocenters. The van der Waals surface area contributed by atoms with Gasteiger partial charge in [-0.1, -0.05) is 6.07 Å². The summed E-state index contributed by atoms with van der Waals surface area (Å²) in [4.78, 5) is 30.4. The smallest absolute Gasteiger partial charge is 0.348 e. The first-order valence-corrected chi connectivity index (χ1v) is 9.13. The van der Waals surface area contributed by atoms with Crippen LogP contribution in [-0.4, -0.2) is 40.1 Å². The molecule has 1 aromatic carbocycles. The number of halogens is 1. The van der Waals surface area contributed by atoms with Crippen molar-refractivity contribution in [3.63, 3.8) is 0 Å². The summed E-state index contributed by atoms with van der Waals surface area (Å²) in [5.41, 5.74) is 0.974. The van der Waals surface area contributed by atoms with Gasteiger partial charge in [0.15, 0.2) is 0 Å². The maximum atomic E-state index is 13.2. The molecule has 2 aromatic rings. The van der Waals surface area contributed by atoms with Crippen LogP contribution in [0, 0.1) is 25.6 Å². The number of amides is 1. The predicted molar refractivity (Wildman–Crippen MR) is 99.2 cm³/mol. The molecule has 0 bridgehead atoms. The van der Waals surface area contributed by atoms with E-state index in [4.69, 9.17) is 4.74 Å². The van der Waals surface area contributed by atoms with Crippen molar-refractivity contribution >= 4 is 5.91 Å². The summed E-state index contributed by atoms with van der Waals surface area (Å²) >= 11 is 0. The van der Waals surface area contributed by atoms with Crippen molar-refractivity contribution in [3.8, 4) is 5.75 Å². The Labute approximate surface area is 157 Å². The Morgan fingerprint density at radius 1 is 1.33 bits per heavy atom. The lowest BCUT2D eigenvalue weighted by molar-refractivity contribution is -0.134. The van der Waals surface area contributed by atoms with Gasteiger partial charge in [0.25, 0.3) is 0 Å². The van der Waals surface area contributed by atoms with Gasteiger partial charge in [-0.15, -0.1) is 0 Å². The quantitative estimate of drug-likeness (QED) is 0.807. The second-order valence-corrected chi connectivity index (χ2v) is 7.02. The van der Waals surface area contributed by atoms with Crippen LogP contribution in [0.15, 0.2) is 35.1 Å². The number of benzene rings is 1. The third kappa shape index (κ3) is 4.93. The number of nitrogens with zero attached hydrogens (tertiary/aromatic N) is 3. The zero-order chi connectivity index (χ0) is 19.4. The van der Waals surface area contributed by atoms with Gasteiger partial charge < -0.3 is 9.64 Å². The van der Waals surface area contributed by atoms with E-state index in [1.807, 2.05) is 0 Å². The van der Waals surface area contributed by atoms with E-state index in [-0.39, 0.29) is 24.2 Å². The van der Waals surface area contributed by atoms with Crippen molar-refractivity contribution in [2.75, 3.05) is 19.7 Å². The number of ether oxygens (including phenoxy) is 1. The molecule has 144 valence electrons. The van der Waals surface area contributed by atoms with E-state index in [1.165, 1.54) is 16.7 Å². The molecule has 0 aliphatic carbocycles. The predicted octanol–water partition coefficient (Wildman–Crippen LogP) is 2.32. The molecular formula is C20H24FN3O3. The highest BCUT2D eigenvalue weighted by molar-refractivity contribution is 5.76. The number of piperidine rings is 1.